The molecule has 0 N–H and O–H groups in total. The number of carbonyl (C=O) groups excluding carboxylic acids is 1. The second kappa shape index (κ2) is 14.4. The predicted octanol–water partition coefficient (Wildman–Crippen LogP) is 5.54. The minimum Gasteiger partial charge on any atom is -0.497 e. The standard InChI is InChI=1S/C28H34O6/c1-3-32-27(29)13-9-5-8-12-25-20-26(34-28(33-25)23-10-6-4-7-11-23)18-19-31-21-22-14-16-24(30-2)17-15-22/h4-11,13-17,25-26,28H,3,12,18-21H2,1-2H3/b8-5+,13-9+/t25-,26+,28-/m0/s1. The lowest BCUT2D eigenvalue weighted by molar-refractivity contribution is -0.249. The lowest BCUT2D eigenvalue weighted by Gasteiger charge is -2.35. The van der Waals surface area contributed by atoms with Crippen LogP contribution in [0.15, 0.2) is 78.9 Å². The molecule has 1 saturated heterocycles. The Labute approximate surface area is 202 Å². The highest BCUT2D eigenvalue weighted by Crippen LogP contribution is 2.32. The van der Waals surface area contributed by atoms with Crippen LogP contribution >= 0.6 is 0 Å². The van der Waals surface area contributed by atoms with Gasteiger partial charge in [-0.3, -0.25) is 0 Å². The lowest BCUT2D eigenvalue weighted by Crippen LogP contribution is -2.34. The van der Waals surface area contributed by atoms with Crippen molar-refractivity contribution in [1.82, 2.24) is 0 Å². The molecule has 1 aliphatic rings. The molecule has 1 fully saturated rings. The number of methoxy groups -OCH3 is 1. The van der Waals surface area contributed by atoms with Crippen molar-refractivity contribution < 1.29 is 28.5 Å². The van der Waals surface area contributed by atoms with E-state index in [9.17, 15) is 4.79 Å². The third kappa shape index (κ3) is 8.78. The molecule has 0 bridgehead atoms. The number of ether oxygens (including phenoxy) is 5. The molecule has 2 aromatic carbocycles. The smallest absolute Gasteiger partial charge is 0.330 e. The van der Waals surface area contributed by atoms with Crippen molar-refractivity contribution in [3.8, 4) is 5.75 Å². The average Bonchev–Trinajstić information content (AvgIpc) is 2.87. The third-order valence-electron chi connectivity index (χ3n) is 5.41. The Balaban J connectivity index is 1.51. The molecule has 1 heterocycles. The molecule has 0 saturated carbocycles. The molecule has 1 aliphatic heterocycles. The molecule has 3 atom stereocenters. The maximum absolute atomic E-state index is 11.4. The van der Waals surface area contributed by atoms with E-state index >= 15 is 0 Å². The first-order valence-electron chi connectivity index (χ1n) is 11.7. The number of benzene rings is 2. The monoisotopic (exact) mass is 466 g/mol. The first-order chi connectivity index (χ1) is 16.7. The van der Waals surface area contributed by atoms with Gasteiger partial charge in [0.15, 0.2) is 6.29 Å². The number of hydrogen-bond donors (Lipinski definition) is 0. The van der Waals surface area contributed by atoms with Crippen LogP contribution in [-0.2, 0) is 30.3 Å². The SMILES string of the molecule is CCOC(=O)/C=C/C=C/C[C@H]1C[C@@H](CCOCc2ccc(OC)cc2)O[C@@H](c2ccccc2)O1. The summed E-state index contributed by atoms with van der Waals surface area (Å²) in [6.45, 7) is 3.31. The summed E-state index contributed by atoms with van der Waals surface area (Å²) < 4.78 is 28.5. The highest BCUT2D eigenvalue weighted by atomic mass is 16.7. The van der Waals surface area contributed by atoms with Gasteiger partial charge in [-0.05, 0) is 37.5 Å². The van der Waals surface area contributed by atoms with Gasteiger partial charge >= 0.3 is 5.97 Å². The van der Waals surface area contributed by atoms with Crippen LogP contribution in [0.25, 0.3) is 0 Å². The van der Waals surface area contributed by atoms with Gasteiger partial charge in [-0.1, -0.05) is 60.7 Å². The summed E-state index contributed by atoms with van der Waals surface area (Å²) in [4.78, 5) is 11.4. The van der Waals surface area contributed by atoms with Crippen LogP contribution in [0.4, 0.5) is 0 Å². The lowest BCUT2D eigenvalue weighted by atomic mass is 10.0. The van der Waals surface area contributed by atoms with E-state index in [1.54, 1.807) is 20.1 Å². The van der Waals surface area contributed by atoms with Gasteiger partial charge in [0, 0.05) is 24.7 Å². The van der Waals surface area contributed by atoms with Gasteiger partial charge in [0.05, 0.1) is 32.5 Å². The molecular weight excluding hydrogens is 432 g/mol. The summed E-state index contributed by atoms with van der Waals surface area (Å²) in [5.74, 6) is 0.496. The molecule has 0 spiro atoms. The molecule has 0 aliphatic carbocycles. The third-order valence-corrected chi connectivity index (χ3v) is 5.41. The van der Waals surface area contributed by atoms with E-state index in [2.05, 4.69) is 0 Å². The molecule has 0 radical (unpaired) electrons. The van der Waals surface area contributed by atoms with Crippen LogP contribution in [0, 0.1) is 0 Å². The summed E-state index contributed by atoms with van der Waals surface area (Å²) in [6, 6.07) is 17.9. The topological polar surface area (TPSA) is 63.2 Å². The molecule has 6 heteroatoms. The normalized spacial score (nSPS) is 20.6. The van der Waals surface area contributed by atoms with E-state index in [0.717, 1.165) is 36.1 Å². The Morgan fingerprint density at radius 2 is 1.79 bits per heavy atom. The Hall–Kier alpha value is -2.93. The van der Waals surface area contributed by atoms with E-state index < -0.39 is 6.29 Å². The fraction of sp³-hybridized carbons (Fsp3) is 0.393. The first-order valence-corrected chi connectivity index (χ1v) is 11.7. The van der Waals surface area contributed by atoms with E-state index in [1.807, 2.05) is 66.7 Å². The quantitative estimate of drug-likeness (QED) is 0.177. The highest BCUT2D eigenvalue weighted by molar-refractivity contribution is 5.82. The van der Waals surface area contributed by atoms with Gasteiger partial charge in [0.2, 0.25) is 0 Å². The average molecular weight is 467 g/mol. The van der Waals surface area contributed by atoms with Gasteiger partial charge in [0.1, 0.15) is 5.75 Å². The van der Waals surface area contributed by atoms with Crippen molar-refractivity contribution in [3.05, 3.63) is 90.0 Å². The molecule has 34 heavy (non-hydrogen) atoms. The van der Waals surface area contributed by atoms with E-state index in [1.165, 1.54) is 6.08 Å². The molecular formula is C28H34O6. The summed E-state index contributed by atoms with van der Waals surface area (Å²) in [7, 11) is 1.66. The molecule has 0 unspecified atom stereocenters. The molecule has 0 amide bonds. The van der Waals surface area contributed by atoms with Crippen LogP contribution in [0.2, 0.25) is 0 Å². The minimum absolute atomic E-state index is 0.0118. The number of carbonyl (C=O) groups is 1. The van der Waals surface area contributed by atoms with Crippen molar-refractivity contribution in [2.45, 2.75) is 51.3 Å². The van der Waals surface area contributed by atoms with Gasteiger partial charge in [-0.2, -0.15) is 0 Å². The fourth-order valence-corrected chi connectivity index (χ4v) is 3.65. The maximum Gasteiger partial charge on any atom is 0.330 e. The Morgan fingerprint density at radius 3 is 2.53 bits per heavy atom. The number of allylic oxidation sites excluding steroid dienone is 2. The van der Waals surface area contributed by atoms with Gasteiger partial charge in [-0.25, -0.2) is 4.79 Å². The fourth-order valence-electron chi connectivity index (χ4n) is 3.65. The van der Waals surface area contributed by atoms with Crippen LogP contribution < -0.4 is 4.74 Å². The second-order valence-electron chi connectivity index (χ2n) is 7.96. The first kappa shape index (κ1) is 25.7. The summed E-state index contributed by atoms with van der Waals surface area (Å²) in [5, 5.41) is 0. The van der Waals surface area contributed by atoms with Crippen LogP contribution in [0.3, 0.4) is 0 Å². The van der Waals surface area contributed by atoms with E-state index in [0.29, 0.717) is 19.8 Å². The Bertz CT molecular complexity index is 906. The van der Waals surface area contributed by atoms with Crippen molar-refractivity contribution >= 4 is 5.97 Å². The predicted molar refractivity (Wildman–Crippen MR) is 130 cm³/mol. The second-order valence-corrected chi connectivity index (χ2v) is 7.96. The van der Waals surface area contributed by atoms with E-state index in [-0.39, 0.29) is 18.2 Å². The minimum atomic E-state index is -0.407. The zero-order valence-corrected chi connectivity index (χ0v) is 19.9. The summed E-state index contributed by atoms with van der Waals surface area (Å²) in [5.41, 5.74) is 2.11. The van der Waals surface area contributed by atoms with Crippen LogP contribution in [0.1, 0.15) is 43.6 Å². The molecule has 6 nitrogen and oxygen atoms in total. The molecule has 2 aromatic rings. The van der Waals surface area contributed by atoms with Crippen LogP contribution in [-0.4, -0.2) is 38.5 Å². The van der Waals surface area contributed by atoms with Crippen LogP contribution in [0.5, 0.6) is 5.75 Å². The number of esters is 1. The molecule has 3 rings (SSSR count). The molecule has 182 valence electrons. The van der Waals surface area contributed by atoms with Crippen molar-refractivity contribution in [2.75, 3.05) is 20.3 Å². The largest absolute Gasteiger partial charge is 0.497 e. The zero-order valence-electron chi connectivity index (χ0n) is 19.9. The Kier molecular flexibility index (Phi) is 10.8. The van der Waals surface area contributed by atoms with Crippen molar-refractivity contribution in [1.29, 1.82) is 0 Å². The summed E-state index contributed by atoms with van der Waals surface area (Å²) >= 11 is 0. The molecule has 0 aromatic heterocycles. The van der Waals surface area contributed by atoms with Crippen molar-refractivity contribution in [2.24, 2.45) is 0 Å². The number of rotatable bonds is 12. The Morgan fingerprint density at radius 1 is 1.03 bits per heavy atom. The van der Waals surface area contributed by atoms with E-state index in [4.69, 9.17) is 23.7 Å². The highest BCUT2D eigenvalue weighted by Gasteiger charge is 2.30. The van der Waals surface area contributed by atoms with Gasteiger partial charge in [0.25, 0.3) is 0 Å². The van der Waals surface area contributed by atoms with Gasteiger partial charge in [-0.15, -0.1) is 0 Å². The van der Waals surface area contributed by atoms with Crippen molar-refractivity contribution in [3.63, 3.8) is 0 Å². The summed E-state index contributed by atoms with van der Waals surface area (Å²) in [6.07, 6.45) is 8.88. The van der Waals surface area contributed by atoms with Gasteiger partial charge < -0.3 is 23.7 Å². The maximum atomic E-state index is 11.4. The zero-order chi connectivity index (χ0) is 24.0. The number of hydrogen-bond acceptors (Lipinski definition) is 6.